The summed E-state index contributed by atoms with van der Waals surface area (Å²) in [4.78, 5) is 26.6. The van der Waals surface area contributed by atoms with Gasteiger partial charge in [-0.3, -0.25) is 14.3 Å². The Labute approximate surface area is 147 Å². The first kappa shape index (κ1) is 17.2. The van der Waals surface area contributed by atoms with E-state index in [1.165, 1.54) is 6.92 Å². The number of para-hydroxylation sites is 1. The van der Waals surface area contributed by atoms with Gasteiger partial charge in [-0.1, -0.05) is 32.0 Å². The molecule has 0 fully saturated rings. The van der Waals surface area contributed by atoms with E-state index >= 15 is 0 Å². The lowest BCUT2D eigenvalue weighted by atomic mass is 9.95. The normalized spacial score (nSPS) is 17.9. The van der Waals surface area contributed by atoms with Crippen LogP contribution < -0.4 is 10.2 Å². The van der Waals surface area contributed by atoms with Crippen LogP contribution in [-0.4, -0.2) is 34.2 Å². The molecule has 1 aliphatic heterocycles. The van der Waals surface area contributed by atoms with Crippen molar-refractivity contribution >= 4 is 17.5 Å². The second-order valence-electron chi connectivity index (χ2n) is 6.84. The lowest BCUT2D eigenvalue weighted by Gasteiger charge is -2.37. The first-order valence-electron chi connectivity index (χ1n) is 8.63. The third-order valence-electron chi connectivity index (χ3n) is 4.59. The van der Waals surface area contributed by atoms with Crippen molar-refractivity contribution in [2.75, 3.05) is 11.4 Å². The minimum absolute atomic E-state index is 0.00800. The zero-order valence-electron chi connectivity index (χ0n) is 14.8. The molecule has 0 saturated carbocycles. The molecule has 132 valence electrons. The Morgan fingerprint density at radius 3 is 2.64 bits per heavy atom. The summed E-state index contributed by atoms with van der Waals surface area (Å²) >= 11 is 0. The van der Waals surface area contributed by atoms with E-state index in [1.807, 2.05) is 55.1 Å². The molecule has 0 spiro atoms. The third-order valence-corrected chi connectivity index (χ3v) is 4.59. The third kappa shape index (κ3) is 3.57. The SMILES string of the molecule is CC(=O)N[C@H](C(=O)N1C[C@H](n2cccn2)Cc2ccccc21)C(C)C. The van der Waals surface area contributed by atoms with Gasteiger partial charge in [0.15, 0.2) is 0 Å². The number of carbonyl (C=O) groups is 2. The Morgan fingerprint density at radius 1 is 1.24 bits per heavy atom. The van der Waals surface area contributed by atoms with Crippen molar-refractivity contribution < 1.29 is 9.59 Å². The van der Waals surface area contributed by atoms with E-state index in [-0.39, 0.29) is 23.8 Å². The summed E-state index contributed by atoms with van der Waals surface area (Å²) in [6, 6.07) is 9.38. The minimum atomic E-state index is -0.540. The van der Waals surface area contributed by atoms with Crippen molar-refractivity contribution in [2.24, 2.45) is 5.92 Å². The van der Waals surface area contributed by atoms with Crippen molar-refractivity contribution in [2.45, 2.75) is 39.3 Å². The Kier molecular flexibility index (Phi) is 4.88. The number of hydrogen-bond acceptors (Lipinski definition) is 3. The second-order valence-corrected chi connectivity index (χ2v) is 6.84. The van der Waals surface area contributed by atoms with Gasteiger partial charge in [0, 0.05) is 31.5 Å². The van der Waals surface area contributed by atoms with Crippen molar-refractivity contribution in [1.82, 2.24) is 15.1 Å². The van der Waals surface area contributed by atoms with E-state index in [9.17, 15) is 9.59 Å². The molecule has 2 heterocycles. The van der Waals surface area contributed by atoms with Gasteiger partial charge in [0.2, 0.25) is 11.8 Å². The maximum Gasteiger partial charge on any atom is 0.249 e. The van der Waals surface area contributed by atoms with Gasteiger partial charge in [0.25, 0.3) is 0 Å². The second kappa shape index (κ2) is 7.09. The molecule has 0 aliphatic carbocycles. The van der Waals surface area contributed by atoms with Crippen molar-refractivity contribution in [3.05, 3.63) is 48.3 Å². The molecule has 1 N–H and O–H groups in total. The maximum absolute atomic E-state index is 13.2. The quantitative estimate of drug-likeness (QED) is 0.927. The first-order chi connectivity index (χ1) is 12.0. The number of carbonyl (C=O) groups excluding carboxylic acids is 2. The van der Waals surface area contributed by atoms with Crippen LogP contribution in [0.5, 0.6) is 0 Å². The Morgan fingerprint density at radius 2 is 2.00 bits per heavy atom. The van der Waals surface area contributed by atoms with Crippen LogP contribution in [0.15, 0.2) is 42.7 Å². The van der Waals surface area contributed by atoms with Crippen molar-refractivity contribution in [3.8, 4) is 0 Å². The summed E-state index contributed by atoms with van der Waals surface area (Å²) < 4.78 is 1.90. The lowest BCUT2D eigenvalue weighted by Crippen LogP contribution is -2.53. The number of nitrogens with zero attached hydrogens (tertiary/aromatic N) is 3. The standard InChI is InChI=1S/C19H24N4O2/c1-13(2)18(21-14(3)24)19(25)22-12-16(23-10-6-9-20-23)11-15-7-4-5-8-17(15)22/h4-10,13,16,18H,11-12H2,1-3H3,(H,21,24)/t16-,18+/m1/s1. The van der Waals surface area contributed by atoms with Gasteiger partial charge in [-0.15, -0.1) is 0 Å². The Balaban J connectivity index is 1.95. The molecule has 1 aromatic carbocycles. The highest BCUT2D eigenvalue weighted by atomic mass is 16.2. The molecule has 1 aromatic heterocycles. The summed E-state index contributed by atoms with van der Waals surface area (Å²) in [7, 11) is 0. The van der Waals surface area contributed by atoms with Gasteiger partial charge >= 0.3 is 0 Å². The number of benzene rings is 1. The predicted octanol–water partition coefficient (Wildman–Crippen LogP) is 2.17. The van der Waals surface area contributed by atoms with E-state index in [2.05, 4.69) is 10.4 Å². The molecule has 0 saturated heterocycles. The number of fused-ring (bicyclic) bond motifs is 1. The molecule has 2 aromatic rings. The minimum Gasteiger partial charge on any atom is -0.344 e. The molecule has 0 unspecified atom stereocenters. The predicted molar refractivity (Wildman–Crippen MR) is 96.2 cm³/mol. The topological polar surface area (TPSA) is 67.2 Å². The molecule has 6 heteroatoms. The van der Waals surface area contributed by atoms with Crippen molar-refractivity contribution in [1.29, 1.82) is 0 Å². The molecule has 6 nitrogen and oxygen atoms in total. The molecule has 3 rings (SSSR count). The zero-order chi connectivity index (χ0) is 18.0. The fourth-order valence-electron chi connectivity index (χ4n) is 3.36. The van der Waals surface area contributed by atoms with Crippen LogP contribution in [0.3, 0.4) is 0 Å². The zero-order valence-corrected chi connectivity index (χ0v) is 14.8. The number of nitrogens with one attached hydrogen (secondary N) is 1. The highest BCUT2D eigenvalue weighted by Gasteiger charge is 2.34. The average Bonchev–Trinajstić information content (AvgIpc) is 3.12. The van der Waals surface area contributed by atoms with Crippen LogP contribution in [0.4, 0.5) is 5.69 Å². The number of anilines is 1. The monoisotopic (exact) mass is 340 g/mol. The van der Waals surface area contributed by atoms with Crippen LogP contribution in [0, 0.1) is 5.92 Å². The molecular formula is C19H24N4O2. The largest absolute Gasteiger partial charge is 0.344 e. The average molecular weight is 340 g/mol. The van der Waals surface area contributed by atoms with Crippen LogP contribution in [-0.2, 0) is 16.0 Å². The highest BCUT2D eigenvalue weighted by molar-refractivity contribution is 6.00. The molecule has 25 heavy (non-hydrogen) atoms. The van der Waals surface area contributed by atoms with Gasteiger partial charge in [0.1, 0.15) is 6.04 Å². The Bertz CT molecular complexity index is 755. The van der Waals surface area contributed by atoms with Crippen LogP contribution in [0.1, 0.15) is 32.4 Å². The van der Waals surface area contributed by atoms with Gasteiger partial charge in [0.05, 0.1) is 6.04 Å². The fraction of sp³-hybridized carbons (Fsp3) is 0.421. The highest BCUT2D eigenvalue weighted by Crippen LogP contribution is 2.32. The number of aromatic nitrogens is 2. The van der Waals surface area contributed by atoms with Crippen molar-refractivity contribution in [3.63, 3.8) is 0 Å². The molecule has 2 atom stereocenters. The number of amides is 2. The van der Waals surface area contributed by atoms with Crippen LogP contribution in [0.25, 0.3) is 0 Å². The first-order valence-corrected chi connectivity index (χ1v) is 8.63. The fourth-order valence-corrected chi connectivity index (χ4v) is 3.36. The van der Waals surface area contributed by atoms with E-state index in [1.54, 1.807) is 11.1 Å². The van der Waals surface area contributed by atoms with Crippen LogP contribution in [0.2, 0.25) is 0 Å². The Hall–Kier alpha value is -2.63. The number of rotatable bonds is 4. The summed E-state index contributed by atoms with van der Waals surface area (Å²) in [5.74, 6) is -0.260. The summed E-state index contributed by atoms with van der Waals surface area (Å²) in [6.45, 7) is 5.87. The van der Waals surface area contributed by atoms with E-state index in [0.29, 0.717) is 6.54 Å². The summed E-state index contributed by atoms with van der Waals surface area (Å²) in [5, 5.41) is 7.15. The molecule has 0 bridgehead atoms. The van der Waals surface area contributed by atoms with Crippen LogP contribution >= 0.6 is 0 Å². The summed E-state index contributed by atoms with van der Waals surface area (Å²) in [6.07, 6.45) is 4.50. The lowest BCUT2D eigenvalue weighted by molar-refractivity contribution is -0.127. The van der Waals surface area contributed by atoms with Gasteiger partial charge in [-0.2, -0.15) is 5.10 Å². The van der Waals surface area contributed by atoms with Gasteiger partial charge in [-0.05, 0) is 30.0 Å². The maximum atomic E-state index is 13.2. The van der Waals surface area contributed by atoms with E-state index < -0.39 is 6.04 Å². The van der Waals surface area contributed by atoms with Gasteiger partial charge < -0.3 is 10.2 Å². The smallest absolute Gasteiger partial charge is 0.249 e. The molecule has 1 aliphatic rings. The van der Waals surface area contributed by atoms with E-state index in [0.717, 1.165) is 17.7 Å². The molecule has 2 amide bonds. The molecular weight excluding hydrogens is 316 g/mol. The van der Waals surface area contributed by atoms with E-state index in [4.69, 9.17) is 0 Å². The van der Waals surface area contributed by atoms with Gasteiger partial charge in [-0.25, -0.2) is 0 Å². The summed E-state index contributed by atoms with van der Waals surface area (Å²) in [5.41, 5.74) is 2.04. The number of hydrogen-bond donors (Lipinski definition) is 1. The molecule has 0 radical (unpaired) electrons.